The lowest BCUT2D eigenvalue weighted by Crippen LogP contribution is -2.44. The monoisotopic (exact) mass is 440 g/mol. The molecule has 1 rings (SSSR count). The normalized spacial score (nSPS) is 11.1. The van der Waals surface area contributed by atoms with Gasteiger partial charge in [0, 0.05) is 90.7 Å². The average molecular weight is 441 g/mol. The second-order valence-corrected chi connectivity index (χ2v) is 6.87. The molecule has 0 heterocycles. The van der Waals surface area contributed by atoms with Crippen molar-refractivity contribution in [3.63, 3.8) is 0 Å². The van der Waals surface area contributed by atoms with Crippen LogP contribution in [0, 0.1) is 10.1 Å². The second kappa shape index (κ2) is 16.4. The van der Waals surface area contributed by atoms with E-state index in [4.69, 9.17) is 21.9 Å². The number of nitrogens with zero attached hydrogens (tertiary/aromatic N) is 3. The molecule has 0 aliphatic rings. The summed E-state index contributed by atoms with van der Waals surface area (Å²) in [4.78, 5) is 26.6. The van der Waals surface area contributed by atoms with Crippen LogP contribution in [-0.4, -0.2) is 99.4 Å². The van der Waals surface area contributed by atoms with E-state index in [-0.39, 0.29) is 11.4 Å². The molecule has 1 aromatic carbocycles. The second-order valence-electron chi connectivity index (χ2n) is 6.87. The molecule has 176 valence electrons. The molecule has 0 aliphatic carbocycles. The maximum absolute atomic E-state index is 12.0. The van der Waals surface area contributed by atoms with Gasteiger partial charge in [-0.2, -0.15) is 0 Å². The maximum Gasteiger partial charge on any atom is 0.412 e. The number of hydrogen-bond acceptors (Lipinski definition) is 10. The van der Waals surface area contributed by atoms with Crippen molar-refractivity contribution >= 4 is 11.8 Å². The van der Waals surface area contributed by atoms with Crippen molar-refractivity contribution in [1.29, 1.82) is 0 Å². The van der Waals surface area contributed by atoms with Crippen molar-refractivity contribution in [1.82, 2.24) is 20.4 Å². The topological polar surface area (TPSA) is 178 Å². The van der Waals surface area contributed by atoms with Crippen LogP contribution in [0.3, 0.4) is 0 Å². The van der Waals surface area contributed by atoms with E-state index in [9.17, 15) is 14.9 Å². The summed E-state index contributed by atoms with van der Waals surface area (Å²) in [5.41, 5.74) is 16.8. The fourth-order valence-corrected chi connectivity index (χ4v) is 2.88. The van der Waals surface area contributed by atoms with Gasteiger partial charge in [0.2, 0.25) is 0 Å². The van der Waals surface area contributed by atoms with E-state index >= 15 is 0 Å². The van der Waals surface area contributed by atoms with E-state index in [1.165, 1.54) is 24.3 Å². The first-order valence-electron chi connectivity index (χ1n) is 10.5. The molecular weight excluding hydrogens is 404 g/mol. The van der Waals surface area contributed by atoms with Crippen LogP contribution in [0.1, 0.15) is 0 Å². The van der Waals surface area contributed by atoms with Gasteiger partial charge in [0.15, 0.2) is 0 Å². The van der Waals surface area contributed by atoms with Crippen LogP contribution < -0.4 is 32.6 Å². The molecule has 0 radical (unpaired) electrons. The number of non-ortho nitro benzene ring substituents is 1. The molecule has 0 unspecified atom stereocenters. The lowest BCUT2D eigenvalue weighted by Gasteiger charge is -2.27. The van der Waals surface area contributed by atoms with Gasteiger partial charge in [-0.05, 0) is 12.1 Å². The van der Waals surface area contributed by atoms with Gasteiger partial charge >= 0.3 is 6.09 Å². The zero-order valence-electron chi connectivity index (χ0n) is 18.0. The molecule has 0 aromatic heterocycles. The van der Waals surface area contributed by atoms with E-state index in [1.807, 2.05) is 0 Å². The number of nitro benzene ring substituents is 1. The Morgan fingerprint density at radius 1 is 0.871 bits per heavy atom. The van der Waals surface area contributed by atoms with Gasteiger partial charge in [0.25, 0.3) is 5.69 Å². The third-order valence-corrected chi connectivity index (χ3v) is 4.50. The first-order valence-corrected chi connectivity index (χ1v) is 10.5. The van der Waals surface area contributed by atoms with Crippen molar-refractivity contribution in [2.24, 2.45) is 17.2 Å². The fourth-order valence-electron chi connectivity index (χ4n) is 2.88. The highest BCUT2D eigenvalue weighted by Gasteiger charge is 2.11. The summed E-state index contributed by atoms with van der Waals surface area (Å²) in [6.45, 7) is 8.33. The van der Waals surface area contributed by atoms with Crippen molar-refractivity contribution in [2.45, 2.75) is 0 Å². The molecule has 0 saturated carbocycles. The predicted molar refractivity (Wildman–Crippen MR) is 120 cm³/mol. The molecule has 0 spiro atoms. The van der Waals surface area contributed by atoms with E-state index in [2.05, 4.69) is 20.4 Å². The number of benzene rings is 1. The third-order valence-electron chi connectivity index (χ3n) is 4.50. The standard InChI is InChI=1S/C19H36N8O4/c20-5-8-23-9-13-26(16-15-25(11-6-21)12-7-22)14-10-24-19(28)31-18-3-1-17(2-4-18)27(29)30/h1-4,23H,5-16,20-22H2,(H,24,28). The van der Waals surface area contributed by atoms with E-state index in [1.54, 1.807) is 0 Å². The van der Waals surface area contributed by atoms with Crippen molar-refractivity contribution < 1.29 is 14.5 Å². The van der Waals surface area contributed by atoms with Crippen molar-refractivity contribution in [3.05, 3.63) is 34.4 Å². The number of nitrogens with two attached hydrogens (primary N) is 3. The summed E-state index contributed by atoms with van der Waals surface area (Å²) in [5.74, 6) is 0.241. The smallest absolute Gasteiger partial charge is 0.410 e. The lowest BCUT2D eigenvalue weighted by molar-refractivity contribution is -0.384. The maximum atomic E-state index is 12.0. The van der Waals surface area contributed by atoms with Gasteiger partial charge in [0.05, 0.1) is 4.92 Å². The molecule has 0 aliphatic heterocycles. The summed E-state index contributed by atoms with van der Waals surface area (Å²) in [6, 6.07) is 5.34. The van der Waals surface area contributed by atoms with E-state index < -0.39 is 11.0 Å². The van der Waals surface area contributed by atoms with Gasteiger partial charge in [0.1, 0.15) is 5.75 Å². The van der Waals surface area contributed by atoms with E-state index in [0.29, 0.717) is 32.7 Å². The van der Waals surface area contributed by atoms with Gasteiger partial charge in [-0.3, -0.25) is 19.9 Å². The van der Waals surface area contributed by atoms with E-state index in [0.717, 1.165) is 45.8 Å². The summed E-state index contributed by atoms with van der Waals surface area (Å²) < 4.78 is 5.15. The number of rotatable bonds is 17. The SMILES string of the molecule is NCCNCCN(CCNC(=O)Oc1ccc([N+](=O)[O-])cc1)CCN(CCN)CCN. The summed E-state index contributed by atoms with van der Waals surface area (Å²) in [6.07, 6.45) is -0.608. The zero-order chi connectivity index (χ0) is 22.9. The molecule has 0 fully saturated rings. The molecule has 31 heavy (non-hydrogen) atoms. The third kappa shape index (κ3) is 12.2. The Kier molecular flexibility index (Phi) is 14.1. The highest BCUT2D eigenvalue weighted by atomic mass is 16.6. The Labute approximate surface area is 183 Å². The van der Waals surface area contributed by atoms with Crippen LogP contribution in [0.2, 0.25) is 0 Å². The molecule has 8 N–H and O–H groups in total. The number of carbonyl (C=O) groups is 1. The molecular formula is C19H36N8O4. The Morgan fingerprint density at radius 3 is 2.00 bits per heavy atom. The van der Waals surface area contributed by atoms with Crippen LogP contribution in [-0.2, 0) is 0 Å². The number of nitro groups is 1. The number of hydrogen-bond donors (Lipinski definition) is 5. The Bertz CT molecular complexity index is 626. The Morgan fingerprint density at radius 2 is 1.45 bits per heavy atom. The molecule has 12 nitrogen and oxygen atoms in total. The minimum absolute atomic E-state index is 0.0649. The molecule has 1 aromatic rings. The Hall–Kier alpha value is -2.35. The Balaban J connectivity index is 2.45. The first-order chi connectivity index (χ1) is 15.0. The lowest BCUT2D eigenvalue weighted by atomic mass is 10.3. The first kappa shape index (κ1) is 26.7. The zero-order valence-corrected chi connectivity index (χ0v) is 18.0. The van der Waals surface area contributed by atoms with Gasteiger partial charge in [-0.25, -0.2) is 4.79 Å². The molecule has 0 saturated heterocycles. The summed E-state index contributed by atoms with van der Waals surface area (Å²) >= 11 is 0. The molecule has 1 amide bonds. The molecule has 12 heteroatoms. The van der Waals surface area contributed by atoms with Crippen LogP contribution in [0.25, 0.3) is 0 Å². The van der Waals surface area contributed by atoms with Crippen molar-refractivity contribution in [2.75, 3.05) is 78.5 Å². The van der Waals surface area contributed by atoms with Crippen LogP contribution >= 0.6 is 0 Å². The van der Waals surface area contributed by atoms with Gasteiger partial charge in [-0.15, -0.1) is 0 Å². The predicted octanol–water partition coefficient (Wildman–Crippen LogP) is -1.25. The van der Waals surface area contributed by atoms with Gasteiger partial charge < -0.3 is 32.6 Å². The van der Waals surface area contributed by atoms with Crippen LogP contribution in [0.4, 0.5) is 10.5 Å². The number of amides is 1. The number of nitrogens with one attached hydrogen (secondary N) is 2. The highest BCUT2D eigenvalue weighted by Crippen LogP contribution is 2.17. The quantitative estimate of drug-likeness (QED) is 0.112. The van der Waals surface area contributed by atoms with Crippen LogP contribution in [0.5, 0.6) is 5.75 Å². The summed E-state index contributed by atoms with van der Waals surface area (Å²) in [5, 5.41) is 16.6. The fraction of sp³-hybridized carbons (Fsp3) is 0.632. The van der Waals surface area contributed by atoms with Crippen molar-refractivity contribution in [3.8, 4) is 5.75 Å². The van der Waals surface area contributed by atoms with Crippen LogP contribution in [0.15, 0.2) is 24.3 Å². The minimum Gasteiger partial charge on any atom is -0.410 e. The number of ether oxygens (including phenoxy) is 1. The molecule has 0 atom stereocenters. The summed E-state index contributed by atoms with van der Waals surface area (Å²) in [7, 11) is 0. The average Bonchev–Trinajstić information content (AvgIpc) is 2.75. The minimum atomic E-state index is -0.608. The molecule has 0 bridgehead atoms. The highest BCUT2D eigenvalue weighted by molar-refractivity contribution is 5.70. The number of carbonyl (C=O) groups excluding carboxylic acids is 1. The van der Waals surface area contributed by atoms with Gasteiger partial charge in [-0.1, -0.05) is 0 Å². The largest absolute Gasteiger partial charge is 0.412 e.